The number of benzene rings is 2. The lowest BCUT2D eigenvalue weighted by Gasteiger charge is -2.37. The van der Waals surface area contributed by atoms with Crippen molar-refractivity contribution >= 4 is 38.9 Å². The summed E-state index contributed by atoms with van der Waals surface area (Å²) >= 11 is 0. The molecular formula is C35H46F2N6O5S. The monoisotopic (exact) mass is 700 g/mol. The van der Waals surface area contributed by atoms with Crippen LogP contribution in [0.15, 0.2) is 42.6 Å². The maximum Gasteiger partial charge on any atom is 0.246 e. The number of rotatable bonds is 13. The van der Waals surface area contributed by atoms with Gasteiger partial charge in [-0.25, -0.2) is 27.2 Å². The Morgan fingerprint density at radius 3 is 2.53 bits per heavy atom. The molecule has 0 radical (unpaired) electrons. The molecule has 3 aromatic rings. The van der Waals surface area contributed by atoms with Gasteiger partial charge in [0, 0.05) is 29.5 Å². The molecule has 1 aliphatic carbocycles. The number of nitrogens with zero attached hydrogens (tertiary/aromatic N) is 3. The van der Waals surface area contributed by atoms with Gasteiger partial charge in [-0.1, -0.05) is 27.2 Å². The van der Waals surface area contributed by atoms with Gasteiger partial charge < -0.3 is 25.0 Å². The smallest absolute Gasteiger partial charge is 0.246 e. The number of nitrogens with one attached hydrogen (secondary N) is 3. The topological polar surface area (TPSA) is 135 Å². The van der Waals surface area contributed by atoms with E-state index in [1.54, 1.807) is 30.3 Å². The molecule has 1 amide bonds. The Morgan fingerprint density at radius 2 is 1.82 bits per heavy atom. The van der Waals surface area contributed by atoms with Crippen molar-refractivity contribution < 1.29 is 31.5 Å². The summed E-state index contributed by atoms with van der Waals surface area (Å²) in [5.41, 5.74) is 1.51. The van der Waals surface area contributed by atoms with Crippen LogP contribution in [0.2, 0.25) is 0 Å². The molecular weight excluding hydrogens is 654 g/mol. The van der Waals surface area contributed by atoms with E-state index < -0.39 is 21.7 Å². The number of carbonyl (C=O) groups is 1. The highest BCUT2D eigenvalue weighted by molar-refractivity contribution is 7.92. The number of carbonyl (C=O) groups excluding carboxylic acids is 1. The predicted molar refractivity (Wildman–Crippen MR) is 187 cm³/mol. The van der Waals surface area contributed by atoms with Gasteiger partial charge in [0.25, 0.3) is 0 Å². The summed E-state index contributed by atoms with van der Waals surface area (Å²) in [6.45, 7) is 11.3. The number of fused-ring (bicyclic) bond motifs is 1. The third-order valence-corrected chi connectivity index (χ3v) is 10.3. The number of aromatic nitrogens is 2. The van der Waals surface area contributed by atoms with Crippen molar-refractivity contribution in [3.05, 3.63) is 54.2 Å². The highest BCUT2D eigenvalue weighted by atomic mass is 32.2. The van der Waals surface area contributed by atoms with Crippen LogP contribution in [0.3, 0.4) is 0 Å². The van der Waals surface area contributed by atoms with E-state index in [1.165, 1.54) is 6.07 Å². The third kappa shape index (κ3) is 9.35. The molecule has 1 aliphatic heterocycles. The van der Waals surface area contributed by atoms with Crippen LogP contribution in [0, 0.1) is 29.4 Å². The summed E-state index contributed by atoms with van der Waals surface area (Å²) in [4.78, 5) is 22.7. The van der Waals surface area contributed by atoms with Gasteiger partial charge in [-0.3, -0.25) is 9.52 Å². The molecule has 14 heteroatoms. The average molecular weight is 701 g/mol. The van der Waals surface area contributed by atoms with Crippen LogP contribution in [0.1, 0.15) is 53.9 Å². The number of ether oxygens (including phenoxy) is 2. The molecule has 0 unspecified atom stereocenters. The van der Waals surface area contributed by atoms with Crippen molar-refractivity contribution in [1.82, 2.24) is 15.3 Å². The molecule has 1 aromatic heterocycles. The lowest BCUT2D eigenvalue weighted by atomic mass is 9.75. The first-order valence-electron chi connectivity index (χ1n) is 16.8. The summed E-state index contributed by atoms with van der Waals surface area (Å²) in [6, 6.07) is 9.24. The van der Waals surface area contributed by atoms with Crippen molar-refractivity contribution in [3.63, 3.8) is 0 Å². The largest absolute Gasteiger partial charge is 0.486 e. The molecule has 3 atom stereocenters. The van der Waals surface area contributed by atoms with E-state index in [2.05, 4.69) is 46.1 Å². The van der Waals surface area contributed by atoms with Gasteiger partial charge in [0.1, 0.15) is 18.9 Å². The first kappa shape index (κ1) is 36.2. The molecule has 2 heterocycles. The summed E-state index contributed by atoms with van der Waals surface area (Å²) in [5, 5.41) is 5.61. The Balaban J connectivity index is 1.14. The Morgan fingerprint density at radius 1 is 1.08 bits per heavy atom. The van der Waals surface area contributed by atoms with Crippen molar-refractivity contribution in [2.75, 3.05) is 47.0 Å². The lowest BCUT2D eigenvalue weighted by molar-refractivity contribution is -0.131. The van der Waals surface area contributed by atoms with Crippen LogP contribution < -0.4 is 25.0 Å². The van der Waals surface area contributed by atoms with Gasteiger partial charge in [-0.15, -0.1) is 0 Å². The first-order chi connectivity index (χ1) is 23.3. The zero-order valence-electron chi connectivity index (χ0n) is 28.6. The van der Waals surface area contributed by atoms with E-state index in [4.69, 9.17) is 9.47 Å². The number of halogens is 2. The quantitative estimate of drug-likeness (QED) is 0.193. The molecule has 2 aliphatic rings. The number of sulfonamides is 1. The molecule has 49 heavy (non-hydrogen) atoms. The molecule has 2 aromatic carbocycles. The number of hydrogen-bond acceptors (Lipinski definition) is 9. The normalized spacial score (nSPS) is 19.4. The maximum atomic E-state index is 15.0. The van der Waals surface area contributed by atoms with Crippen LogP contribution in [0.25, 0.3) is 11.3 Å². The van der Waals surface area contributed by atoms with E-state index in [-0.39, 0.29) is 59.9 Å². The predicted octanol–water partition coefficient (Wildman–Crippen LogP) is 6.11. The fourth-order valence-electron chi connectivity index (χ4n) is 6.45. The second-order valence-corrected chi connectivity index (χ2v) is 15.3. The summed E-state index contributed by atoms with van der Waals surface area (Å²) in [5.74, 6) is -0.357. The van der Waals surface area contributed by atoms with Crippen LogP contribution in [-0.4, -0.2) is 68.5 Å². The second-order valence-electron chi connectivity index (χ2n) is 13.5. The SMILES string of the molecule is CC(C)[C@@H]1CC[C@@H](C)C[C@H]1OCC(=O)NCCS(=O)(=O)Nc1ccc(Nc2ncc(F)c(-c3cc(F)c4c(c3)N(C(C)C)CCO4)n2)cc1. The van der Waals surface area contributed by atoms with Gasteiger partial charge in [0.2, 0.25) is 21.9 Å². The summed E-state index contributed by atoms with van der Waals surface area (Å²) < 4.78 is 69.3. The Kier molecular flexibility index (Phi) is 11.6. The maximum absolute atomic E-state index is 15.0. The lowest BCUT2D eigenvalue weighted by Crippen LogP contribution is -2.38. The minimum atomic E-state index is -3.76. The number of anilines is 4. The molecule has 11 nitrogen and oxygen atoms in total. The van der Waals surface area contributed by atoms with Crippen LogP contribution in [-0.2, 0) is 19.6 Å². The van der Waals surface area contributed by atoms with Gasteiger partial charge >= 0.3 is 0 Å². The van der Waals surface area contributed by atoms with Crippen LogP contribution in [0.5, 0.6) is 5.75 Å². The third-order valence-electron chi connectivity index (χ3n) is 9.05. The summed E-state index contributed by atoms with van der Waals surface area (Å²) in [7, 11) is -3.76. The van der Waals surface area contributed by atoms with E-state index >= 15 is 4.39 Å². The summed E-state index contributed by atoms with van der Waals surface area (Å²) in [6.07, 6.45) is 4.20. The molecule has 1 saturated carbocycles. The fourth-order valence-corrected chi connectivity index (χ4v) is 7.42. The van der Waals surface area contributed by atoms with Crippen LogP contribution >= 0.6 is 0 Å². The van der Waals surface area contributed by atoms with E-state index in [9.17, 15) is 17.6 Å². The Hall–Kier alpha value is -4.04. The van der Waals surface area contributed by atoms with Gasteiger partial charge in [-0.2, -0.15) is 0 Å². The molecule has 3 N–H and O–H groups in total. The molecule has 1 fully saturated rings. The second kappa shape index (κ2) is 15.7. The standard InChI is InChI=1S/C35H46F2N6O5S/c1-21(2)27-11-6-23(5)16-31(27)48-20-32(44)38-12-15-49(45,46)42-26-9-7-25(8-10-26)40-35-39-19-29(37)33(41-35)24-17-28(36)34-30(18-24)43(22(3)4)13-14-47-34/h7-10,17-19,21-23,27,31,42H,6,11-16,20H2,1-5H3,(H,38,44)(H,39,40,41)/t23-,27+,31-/m1/s1. The minimum absolute atomic E-state index is 0.0271. The number of amides is 1. The van der Waals surface area contributed by atoms with Gasteiger partial charge in [0.15, 0.2) is 17.4 Å². The first-order valence-corrected chi connectivity index (χ1v) is 18.5. The van der Waals surface area contributed by atoms with Crippen molar-refractivity contribution in [1.29, 1.82) is 0 Å². The van der Waals surface area contributed by atoms with Crippen molar-refractivity contribution in [2.24, 2.45) is 17.8 Å². The van der Waals surface area contributed by atoms with Gasteiger partial charge in [-0.05, 0) is 80.8 Å². The van der Waals surface area contributed by atoms with E-state index in [0.29, 0.717) is 48.0 Å². The average Bonchev–Trinajstić information content (AvgIpc) is 3.05. The molecule has 5 rings (SSSR count). The Labute approximate surface area is 287 Å². The molecule has 0 saturated heterocycles. The zero-order valence-corrected chi connectivity index (χ0v) is 29.4. The highest BCUT2D eigenvalue weighted by Crippen LogP contribution is 2.39. The molecule has 0 spiro atoms. The molecule has 0 bridgehead atoms. The van der Waals surface area contributed by atoms with Crippen LogP contribution in [0.4, 0.5) is 31.8 Å². The zero-order chi connectivity index (χ0) is 35.3. The van der Waals surface area contributed by atoms with Crippen molar-refractivity contribution in [2.45, 2.75) is 66.0 Å². The fraction of sp³-hybridized carbons (Fsp3) is 0.514. The molecule has 266 valence electrons. The highest BCUT2D eigenvalue weighted by Gasteiger charge is 2.32. The Bertz CT molecular complexity index is 1720. The minimum Gasteiger partial charge on any atom is -0.486 e. The van der Waals surface area contributed by atoms with E-state index in [1.807, 2.05) is 18.7 Å². The van der Waals surface area contributed by atoms with Crippen molar-refractivity contribution in [3.8, 4) is 17.0 Å². The number of hydrogen-bond donors (Lipinski definition) is 3. The van der Waals surface area contributed by atoms with E-state index in [0.717, 1.165) is 25.5 Å². The van der Waals surface area contributed by atoms with Gasteiger partial charge in [0.05, 0.1) is 30.3 Å².